The maximum absolute atomic E-state index is 7.31. The minimum absolute atomic E-state index is 0.722. The molecule has 1 aromatic carbocycles. The van der Waals surface area contributed by atoms with Crippen LogP contribution in [0.1, 0.15) is 140 Å². The van der Waals surface area contributed by atoms with Crippen molar-refractivity contribution in [1.29, 1.82) is 0 Å². The van der Waals surface area contributed by atoms with Crippen LogP contribution in [0, 0.1) is 11.8 Å². The Morgan fingerprint density at radius 3 is 1.16 bits per heavy atom. The van der Waals surface area contributed by atoms with E-state index in [4.69, 9.17) is 23.2 Å². The molecule has 5 aromatic rings. The summed E-state index contributed by atoms with van der Waals surface area (Å²) < 4.78 is 6.29. The van der Waals surface area contributed by atoms with Crippen LogP contribution in [-0.4, -0.2) is 36.8 Å². The summed E-state index contributed by atoms with van der Waals surface area (Å²) in [5.41, 5.74) is 2.92. The first-order chi connectivity index (χ1) is 26.7. The van der Waals surface area contributed by atoms with Gasteiger partial charge in [0, 0.05) is 0 Å². The molecule has 0 radical (unpaired) electrons. The van der Waals surface area contributed by atoms with Gasteiger partial charge < -0.3 is 0 Å². The summed E-state index contributed by atoms with van der Waals surface area (Å²) in [7, 11) is 0. The summed E-state index contributed by atoms with van der Waals surface area (Å²) >= 11 is 18.0. The Hall–Kier alpha value is 0.717. The third-order valence-corrected chi connectivity index (χ3v) is 36.2. The number of benzene rings is 1. The number of rotatable bonds is 24. The van der Waals surface area contributed by atoms with Gasteiger partial charge in [-0.3, -0.25) is 0 Å². The van der Waals surface area contributed by atoms with Crippen molar-refractivity contribution in [1.82, 2.24) is 0 Å². The fourth-order valence-electron chi connectivity index (χ4n) is 8.26. The Kier molecular flexibility index (Phi) is 18.9. The topological polar surface area (TPSA) is 0 Å². The van der Waals surface area contributed by atoms with Crippen LogP contribution in [-0.2, 0) is 12.8 Å². The van der Waals surface area contributed by atoms with E-state index in [9.17, 15) is 0 Å². The number of hydrogen-bond donors (Lipinski definition) is 0. The molecule has 0 fully saturated rings. The summed E-state index contributed by atoms with van der Waals surface area (Å²) in [6.07, 6.45) is 23.4. The third-order valence-electron chi connectivity index (χ3n) is 11.8. The van der Waals surface area contributed by atoms with Crippen molar-refractivity contribution in [3.8, 4) is 20.9 Å². The molecule has 56 heavy (non-hydrogen) atoms. The molecule has 4 aromatic heterocycles. The molecule has 2 unspecified atom stereocenters. The molecule has 0 N–H and O–H groups in total. The molecular formula is C48H72Cl2S4Sn2. The zero-order valence-corrected chi connectivity index (χ0v) is 47.1. The first kappa shape index (κ1) is 47.8. The van der Waals surface area contributed by atoms with E-state index in [0.717, 1.165) is 34.7 Å². The molecule has 5 rings (SSSR count). The average molecular weight is 1090 g/mol. The van der Waals surface area contributed by atoms with E-state index in [1.165, 1.54) is 154 Å². The van der Waals surface area contributed by atoms with Gasteiger partial charge in [-0.2, -0.15) is 0 Å². The summed E-state index contributed by atoms with van der Waals surface area (Å²) in [5.74, 6) is 1.44. The van der Waals surface area contributed by atoms with Crippen LogP contribution in [0.4, 0.5) is 0 Å². The van der Waals surface area contributed by atoms with E-state index in [1.54, 1.807) is 5.79 Å². The van der Waals surface area contributed by atoms with Crippen LogP contribution >= 0.6 is 68.5 Å². The van der Waals surface area contributed by atoms with Crippen LogP contribution in [0.2, 0.25) is 39.7 Å². The van der Waals surface area contributed by atoms with Crippen molar-refractivity contribution < 1.29 is 0 Å². The van der Waals surface area contributed by atoms with Crippen LogP contribution in [0.15, 0.2) is 24.3 Å². The van der Waals surface area contributed by atoms with E-state index < -0.39 is 36.8 Å². The molecule has 0 spiro atoms. The van der Waals surface area contributed by atoms with E-state index in [1.807, 2.05) is 22.7 Å². The maximum atomic E-state index is 7.31. The quantitative estimate of drug-likeness (QED) is 0.0427. The number of halogens is 2. The molecular weight excluding hydrogens is 1010 g/mol. The van der Waals surface area contributed by atoms with Gasteiger partial charge in [0.1, 0.15) is 0 Å². The minimum atomic E-state index is -2.44. The van der Waals surface area contributed by atoms with Gasteiger partial charge in [-0.05, 0) is 0 Å². The van der Waals surface area contributed by atoms with Crippen LogP contribution < -0.4 is 5.79 Å². The number of unbranched alkanes of at least 4 members (excludes halogenated alkanes) is 8. The Bertz CT molecular complexity index is 1790. The van der Waals surface area contributed by atoms with Gasteiger partial charge in [0.15, 0.2) is 0 Å². The Labute approximate surface area is 376 Å². The first-order valence-electron chi connectivity index (χ1n) is 22.3. The van der Waals surface area contributed by atoms with E-state index in [0.29, 0.717) is 0 Å². The van der Waals surface area contributed by atoms with E-state index in [-0.39, 0.29) is 0 Å². The molecule has 0 aliphatic rings. The van der Waals surface area contributed by atoms with Gasteiger partial charge >= 0.3 is 328 Å². The van der Waals surface area contributed by atoms with Crippen LogP contribution in [0.3, 0.4) is 0 Å². The monoisotopic (exact) mass is 1090 g/mol. The summed E-state index contributed by atoms with van der Waals surface area (Å²) in [5, 5.41) is 4.91. The fourth-order valence-corrected chi connectivity index (χ4v) is 24.5. The Morgan fingerprint density at radius 1 is 0.464 bits per heavy atom. The molecule has 4 heterocycles. The van der Waals surface area contributed by atoms with Crippen LogP contribution in [0.25, 0.3) is 41.1 Å². The SMILES string of the molecule is CCCCCCC(CCCC)Cc1sc(-c2c3c[c]([Sn]([CH3])([CH3])[CH3])sc3c(-c3cc(Cl)c(CC(CCCC)CCCCCC)s3)c3c[c]([Sn]([CH3])([CH3])[CH3])sc23)cc1Cl. The zero-order chi connectivity index (χ0) is 40.6. The van der Waals surface area contributed by atoms with Gasteiger partial charge in [0.25, 0.3) is 0 Å². The molecule has 0 bridgehead atoms. The van der Waals surface area contributed by atoms with Crippen molar-refractivity contribution in [3.05, 3.63) is 44.1 Å². The summed E-state index contributed by atoms with van der Waals surface area (Å²) in [4.78, 5) is 21.1. The predicted octanol–water partition coefficient (Wildman–Crippen LogP) is 18.6. The standard InChI is InChI=1S/C42H54Cl2S4.6CH3.2Sn/c1-5-9-13-15-19-29(17-11-7-3)25-35-33(43)27-37(47-35)39-31-21-23-46-42(31)40(32-22-24-45-41(32)39)38-28-34(44)36(48-38)26-30(18-12-8-4)20-16-14-10-6-2;;;;;;;;/h21-22,27-30H,5-20,25-26H2,1-4H3;6*1H3;;. The fraction of sp³-hybridized carbons (Fsp3) is 0.625. The zero-order valence-electron chi connectivity index (χ0n) is 36.6. The Balaban J connectivity index is 1.66. The molecule has 0 nitrogen and oxygen atoms in total. The average Bonchev–Trinajstić information content (AvgIpc) is 3.94. The van der Waals surface area contributed by atoms with Crippen molar-refractivity contribution >= 4 is 131 Å². The molecule has 0 amide bonds. The molecule has 0 saturated heterocycles. The first-order valence-corrected chi connectivity index (χ1v) is 46.3. The van der Waals surface area contributed by atoms with Crippen molar-refractivity contribution in [3.63, 3.8) is 0 Å². The Morgan fingerprint density at radius 2 is 0.821 bits per heavy atom. The second kappa shape index (κ2) is 22.2. The molecule has 8 heteroatoms. The summed E-state index contributed by atoms with van der Waals surface area (Å²) in [6.45, 7) is 9.31. The molecule has 2 atom stereocenters. The second-order valence-electron chi connectivity index (χ2n) is 18.8. The van der Waals surface area contributed by atoms with Gasteiger partial charge in [-0.1, -0.05) is 53.4 Å². The predicted molar refractivity (Wildman–Crippen MR) is 271 cm³/mol. The number of hydrogen-bond acceptors (Lipinski definition) is 4. The molecule has 0 aliphatic carbocycles. The third kappa shape index (κ3) is 12.4. The van der Waals surface area contributed by atoms with Crippen molar-refractivity contribution in [2.45, 2.75) is 173 Å². The van der Waals surface area contributed by atoms with Gasteiger partial charge in [-0.15, -0.1) is 0 Å². The molecule has 0 saturated carbocycles. The van der Waals surface area contributed by atoms with Crippen molar-refractivity contribution in [2.24, 2.45) is 11.8 Å². The van der Waals surface area contributed by atoms with Gasteiger partial charge in [0.2, 0.25) is 0 Å². The van der Waals surface area contributed by atoms with Gasteiger partial charge in [0.05, 0.1) is 0 Å². The normalized spacial score (nSPS) is 13.8. The summed E-state index contributed by atoms with van der Waals surface area (Å²) in [6, 6.07) is 10.0. The number of fused-ring (bicyclic) bond motifs is 2. The van der Waals surface area contributed by atoms with Gasteiger partial charge in [-0.25, -0.2) is 0 Å². The van der Waals surface area contributed by atoms with Crippen LogP contribution in [0.5, 0.6) is 0 Å². The second-order valence-corrected chi connectivity index (χ2v) is 54.9. The van der Waals surface area contributed by atoms with E-state index >= 15 is 0 Å². The number of thiophene rings is 4. The van der Waals surface area contributed by atoms with Crippen molar-refractivity contribution in [2.75, 3.05) is 0 Å². The molecule has 0 aliphatic heterocycles. The molecule has 310 valence electrons. The van der Waals surface area contributed by atoms with E-state index in [2.05, 4.69) is 104 Å².